The van der Waals surface area contributed by atoms with E-state index in [2.05, 4.69) is 10.6 Å². The summed E-state index contributed by atoms with van der Waals surface area (Å²) >= 11 is 5.89. The molecule has 4 amide bonds. The molecule has 0 radical (unpaired) electrons. The van der Waals surface area contributed by atoms with Crippen molar-refractivity contribution in [2.45, 2.75) is 30.3 Å². The van der Waals surface area contributed by atoms with E-state index in [0.29, 0.717) is 10.6 Å². The van der Waals surface area contributed by atoms with E-state index in [4.69, 9.17) is 16.7 Å². The average molecular weight is 451 g/mol. The number of urea groups is 1. The van der Waals surface area contributed by atoms with Gasteiger partial charge in [-0.2, -0.15) is 0 Å². The number of benzene rings is 2. The van der Waals surface area contributed by atoms with Crippen LogP contribution in [0.5, 0.6) is 0 Å². The van der Waals surface area contributed by atoms with E-state index in [1.807, 2.05) is 0 Å². The molecule has 2 aromatic rings. The SMILES string of the molecule is CC(C(=O)Nc1ccc(S(N)(=O)=O)cc1)N1C(=O)NC(C)(c2ccc(Cl)cc2)C1=O. The van der Waals surface area contributed by atoms with Crippen molar-refractivity contribution < 1.29 is 22.8 Å². The minimum atomic E-state index is -3.86. The molecule has 158 valence electrons. The van der Waals surface area contributed by atoms with Crippen LogP contribution in [0.25, 0.3) is 0 Å². The molecule has 30 heavy (non-hydrogen) atoms. The number of hydrogen-bond acceptors (Lipinski definition) is 5. The molecule has 2 atom stereocenters. The van der Waals surface area contributed by atoms with E-state index in [1.54, 1.807) is 31.2 Å². The summed E-state index contributed by atoms with van der Waals surface area (Å²) in [4.78, 5) is 38.9. The first kappa shape index (κ1) is 21.8. The minimum Gasteiger partial charge on any atom is -0.324 e. The summed E-state index contributed by atoms with van der Waals surface area (Å²) in [6.45, 7) is 2.96. The molecular formula is C19H19ClN4O5S. The Morgan fingerprint density at radius 1 is 1.13 bits per heavy atom. The molecule has 1 aliphatic rings. The number of carbonyl (C=O) groups is 3. The van der Waals surface area contributed by atoms with Crippen molar-refractivity contribution in [3.8, 4) is 0 Å². The van der Waals surface area contributed by atoms with Crippen LogP contribution in [0.4, 0.5) is 10.5 Å². The zero-order chi connectivity index (χ0) is 22.3. The first-order valence-electron chi connectivity index (χ1n) is 8.79. The van der Waals surface area contributed by atoms with Gasteiger partial charge in [-0.25, -0.2) is 23.3 Å². The van der Waals surface area contributed by atoms with Gasteiger partial charge in [0.1, 0.15) is 11.6 Å². The highest BCUT2D eigenvalue weighted by Crippen LogP contribution is 2.31. The fourth-order valence-corrected chi connectivity index (χ4v) is 3.72. The Labute approximate surface area is 178 Å². The Balaban J connectivity index is 1.78. The highest BCUT2D eigenvalue weighted by atomic mass is 35.5. The molecule has 0 saturated carbocycles. The minimum absolute atomic E-state index is 0.110. The summed E-state index contributed by atoms with van der Waals surface area (Å²) in [6.07, 6.45) is 0. The average Bonchev–Trinajstić information content (AvgIpc) is 2.90. The number of rotatable bonds is 5. The Morgan fingerprint density at radius 2 is 1.70 bits per heavy atom. The van der Waals surface area contributed by atoms with E-state index in [0.717, 1.165) is 4.90 Å². The molecular weight excluding hydrogens is 432 g/mol. The van der Waals surface area contributed by atoms with Gasteiger partial charge in [0.05, 0.1) is 4.90 Å². The van der Waals surface area contributed by atoms with E-state index in [-0.39, 0.29) is 10.6 Å². The highest BCUT2D eigenvalue weighted by Gasteiger charge is 2.51. The Kier molecular flexibility index (Phi) is 5.59. The summed E-state index contributed by atoms with van der Waals surface area (Å²) in [7, 11) is -3.86. The Hall–Kier alpha value is -2.95. The number of amides is 4. The van der Waals surface area contributed by atoms with Crippen molar-refractivity contribution >= 4 is 45.2 Å². The number of halogens is 1. The lowest BCUT2D eigenvalue weighted by atomic mass is 9.92. The molecule has 1 saturated heterocycles. The summed E-state index contributed by atoms with van der Waals surface area (Å²) < 4.78 is 22.6. The Morgan fingerprint density at radius 3 is 2.23 bits per heavy atom. The maximum atomic E-state index is 13.0. The number of hydrogen-bond donors (Lipinski definition) is 3. The topological polar surface area (TPSA) is 139 Å². The molecule has 0 bridgehead atoms. The zero-order valence-electron chi connectivity index (χ0n) is 16.0. The number of imide groups is 1. The Bertz CT molecular complexity index is 1120. The molecule has 3 rings (SSSR count). The molecule has 1 fully saturated rings. The molecule has 2 aromatic carbocycles. The summed E-state index contributed by atoms with van der Waals surface area (Å²) in [5.41, 5.74) is -0.529. The van der Waals surface area contributed by atoms with E-state index < -0.39 is 39.4 Å². The van der Waals surface area contributed by atoms with Crippen molar-refractivity contribution in [3.05, 3.63) is 59.1 Å². The highest BCUT2D eigenvalue weighted by molar-refractivity contribution is 7.89. The molecule has 1 aliphatic heterocycles. The van der Waals surface area contributed by atoms with Gasteiger partial charge in [0.2, 0.25) is 15.9 Å². The third kappa shape index (κ3) is 4.02. The fraction of sp³-hybridized carbons (Fsp3) is 0.211. The van der Waals surface area contributed by atoms with Gasteiger partial charge in [0, 0.05) is 10.7 Å². The van der Waals surface area contributed by atoms with Crippen LogP contribution in [0.2, 0.25) is 5.02 Å². The van der Waals surface area contributed by atoms with Gasteiger partial charge in [-0.1, -0.05) is 23.7 Å². The quantitative estimate of drug-likeness (QED) is 0.596. The van der Waals surface area contributed by atoms with Crippen molar-refractivity contribution in [1.82, 2.24) is 10.2 Å². The third-order valence-electron chi connectivity index (χ3n) is 4.86. The molecule has 9 nitrogen and oxygen atoms in total. The smallest absolute Gasteiger partial charge is 0.324 e. The van der Waals surface area contributed by atoms with Gasteiger partial charge in [0.25, 0.3) is 5.91 Å². The van der Waals surface area contributed by atoms with Gasteiger partial charge >= 0.3 is 6.03 Å². The van der Waals surface area contributed by atoms with Crippen LogP contribution < -0.4 is 15.8 Å². The number of sulfonamides is 1. The second-order valence-electron chi connectivity index (χ2n) is 6.97. The monoisotopic (exact) mass is 450 g/mol. The summed E-state index contributed by atoms with van der Waals surface area (Å²) in [5.74, 6) is -1.20. The van der Waals surface area contributed by atoms with Gasteiger partial charge in [-0.3, -0.25) is 9.59 Å². The molecule has 2 unspecified atom stereocenters. The predicted molar refractivity (Wildman–Crippen MR) is 110 cm³/mol. The molecule has 1 heterocycles. The summed E-state index contributed by atoms with van der Waals surface area (Å²) in [5, 5.41) is 10.7. The lowest BCUT2D eigenvalue weighted by molar-refractivity contribution is -0.136. The maximum absolute atomic E-state index is 13.0. The predicted octanol–water partition coefficient (Wildman–Crippen LogP) is 1.78. The number of nitrogens with one attached hydrogen (secondary N) is 2. The second kappa shape index (κ2) is 7.71. The first-order chi connectivity index (χ1) is 13.9. The van der Waals surface area contributed by atoms with E-state index in [9.17, 15) is 22.8 Å². The van der Waals surface area contributed by atoms with Gasteiger partial charge in [0.15, 0.2) is 0 Å². The van der Waals surface area contributed by atoms with Crippen molar-refractivity contribution in [1.29, 1.82) is 0 Å². The number of primary sulfonamides is 1. The zero-order valence-corrected chi connectivity index (χ0v) is 17.6. The number of nitrogens with zero attached hydrogens (tertiary/aromatic N) is 1. The first-order valence-corrected chi connectivity index (χ1v) is 10.7. The van der Waals surface area contributed by atoms with Crippen LogP contribution in [0, 0.1) is 0 Å². The number of carbonyl (C=O) groups excluding carboxylic acids is 3. The molecule has 11 heteroatoms. The lowest BCUT2D eigenvalue weighted by Gasteiger charge is -2.24. The molecule has 0 aliphatic carbocycles. The van der Waals surface area contributed by atoms with Gasteiger partial charge in [-0.15, -0.1) is 0 Å². The van der Waals surface area contributed by atoms with E-state index >= 15 is 0 Å². The fourth-order valence-electron chi connectivity index (χ4n) is 3.08. The van der Waals surface area contributed by atoms with Crippen LogP contribution >= 0.6 is 11.6 Å². The molecule has 0 spiro atoms. The van der Waals surface area contributed by atoms with Gasteiger partial charge < -0.3 is 10.6 Å². The molecule has 4 N–H and O–H groups in total. The largest absolute Gasteiger partial charge is 0.326 e. The molecule has 0 aromatic heterocycles. The second-order valence-corrected chi connectivity index (χ2v) is 8.97. The maximum Gasteiger partial charge on any atom is 0.326 e. The van der Waals surface area contributed by atoms with Crippen LogP contribution in [0.15, 0.2) is 53.4 Å². The van der Waals surface area contributed by atoms with Crippen LogP contribution in [0.3, 0.4) is 0 Å². The lowest BCUT2D eigenvalue weighted by Crippen LogP contribution is -2.47. The van der Waals surface area contributed by atoms with Crippen LogP contribution in [-0.4, -0.2) is 37.2 Å². The number of nitrogens with two attached hydrogens (primary N) is 1. The van der Waals surface area contributed by atoms with Gasteiger partial charge in [-0.05, 0) is 55.8 Å². The number of anilines is 1. The normalized spacial score (nSPS) is 20.1. The van der Waals surface area contributed by atoms with Crippen LogP contribution in [-0.2, 0) is 25.2 Å². The standard InChI is InChI=1S/C19H19ClN4O5S/c1-11(16(25)22-14-7-9-15(10-8-14)30(21,28)29)24-17(26)19(2,23-18(24)27)12-3-5-13(20)6-4-12/h3-11H,1-2H3,(H,22,25)(H,23,27)(H2,21,28,29). The van der Waals surface area contributed by atoms with Crippen LogP contribution in [0.1, 0.15) is 19.4 Å². The summed E-state index contributed by atoms with van der Waals surface area (Å²) in [6, 6.07) is 9.82. The third-order valence-corrected chi connectivity index (χ3v) is 6.04. The van der Waals surface area contributed by atoms with Crippen molar-refractivity contribution in [2.75, 3.05) is 5.32 Å². The van der Waals surface area contributed by atoms with Crippen molar-refractivity contribution in [2.24, 2.45) is 5.14 Å². The van der Waals surface area contributed by atoms with E-state index in [1.165, 1.54) is 31.2 Å². The van der Waals surface area contributed by atoms with Crippen molar-refractivity contribution in [3.63, 3.8) is 0 Å².